The van der Waals surface area contributed by atoms with Crippen LogP contribution in [0.5, 0.6) is 0 Å². The largest absolute Gasteiger partial charge is 0.462 e. The van der Waals surface area contributed by atoms with Crippen molar-refractivity contribution in [1.82, 2.24) is 0 Å². The average Bonchev–Trinajstić information content (AvgIpc) is 2.35. The standard InChI is InChI=1S/C11H13BrClNO5S/c1-18-3-2-4-19-11(15)8-5-7(12)6-9(10(8)13)20(14,16)17/h5-6H,2-4H2,1H3,(H2,14,16,17). The zero-order valence-corrected chi connectivity index (χ0v) is 13.7. The van der Waals surface area contributed by atoms with Crippen molar-refractivity contribution < 1.29 is 22.7 Å². The van der Waals surface area contributed by atoms with Crippen molar-refractivity contribution in [1.29, 1.82) is 0 Å². The molecule has 0 aliphatic heterocycles. The van der Waals surface area contributed by atoms with Crippen molar-refractivity contribution in [2.24, 2.45) is 5.14 Å². The number of sulfonamides is 1. The second-order valence-electron chi connectivity index (χ2n) is 3.79. The molecule has 1 aromatic carbocycles. The molecular formula is C11H13BrClNO5S. The second kappa shape index (κ2) is 7.37. The van der Waals surface area contributed by atoms with Crippen LogP contribution in [0.4, 0.5) is 0 Å². The zero-order chi connectivity index (χ0) is 15.3. The number of esters is 1. The van der Waals surface area contributed by atoms with Crippen LogP contribution >= 0.6 is 27.5 Å². The van der Waals surface area contributed by atoms with Crippen LogP contribution in [0.2, 0.25) is 5.02 Å². The molecule has 0 saturated carbocycles. The second-order valence-corrected chi connectivity index (χ2v) is 6.62. The Hall–Kier alpha value is -0.670. The van der Waals surface area contributed by atoms with Gasteiger partial charge in [0, 0.05) is 24.6 Å². The summed E-state index contributed by atoms with van der Waals surface area (Å²) in [6.45, 7) is 0.585. The number of methoxy groups -OCH3 is 1. The quantitative estimate of drug-likeness (QED) is 0.595. The fraction of sp³-hybridized carbons (Fsp3) is 0.364. The summed E-state index contributed by atoms with van der Waals surface area (Å²) in [5.41, 5.74) is -0.0671. The number of rotatable bonds is 6. The van der Waals surface area contributed by atoms with E-state index in [1.54, 1.807) is 0 Å². The lowest BCUT2D eigenvalue weighted by molar-refractivity contribution is 0.0468. The summed E-state index contributed by atoms with van der Waals surface area (Å²) in [7, 11) is -2.50. The molecule has 0 aliphatic carbocycles. The van der Waals surface area contributed by atoms with E-state index in [0.29, 0.717) is 17.5 Å². The zero-order valence-electron chi connectivity index (χ0n) is 10.6. The predicted molar refractivity (Wildman–Crippen MR) is 77.3 cm³/mol. The van der Waals surface area contributed by atoms with E-state index in [4.69, 9.17) is 26.2 Å². The van der Waals surface area contributed by atoms with Crippen LogP contribution in [0.1, 0.15) is 16.8 Å². The van der Waals surface area contributed by atoms with E-state index in [1.165, 1.54) is 19.2 Å². The number of halogens is 2. The molecule has 0 saturated heterocycles. The molecule has 6 nitrogen and oxygen atoms in total. The van der Waals surface area contributed by atoms with Gasteiger partial charge in [-0.15, -0.1) is 0 Å². The van der Waals surface area contributed by atoms with E-state index in [1.807, 2.05) is 0 Å². The Labute approximate surface area is 130 Å². The van der Waals surface area contributed by atoms with E-state index < -0.39 is 16.0 Å². The van der Waals surface area contributed by atoms with Crippen LogP contribution in [0.25, 0.3) is 0 Å². The molecule has 0 atom stereocenters. The molecule has 0 aromatic heterocycles. The van der Waals surface area contributed by atoms with Gasteiger partial charge in [0.1, 0.15) is 4.90 Å². The molecule has 0 aliphatic rings. The van der Waals surface area contributed by atoms with Gasteiger partial charge in [-0.25, -0.2) is 18.4 Å². The lowest BCUT2D eigenvalue weighted by Gasteiger charge is -2.09. The summed E-state index contributed by atoms with van der Waals surface area (Å²) >= 11 is 8.99. The smallest absolute Gasteiger partial charge is 0.339 e. The van der Waals surface area contributed by atoms with Crippen LogP contribution in [0, 0.1) is 0 Å². The molecule has 112 valence electrons. The molecule has 0 radical (unpaired) electrons. The molecule has 2 N–H and O–H groups in total. The SMILES string of the molecule is COCCCOC(=O)c1cc(Br)cc(S(N)(=O)=O)c1Cl. The molecule has 0 amide bonds. The molecule has 20 heavy (non-hydrogen) atoms. The lowest BCUT2D eigenvalue weighted by Crippen LogP contribution is -2.15. The summed E-state index contributed by atoms with van der Waals surface area (Å²) in [4.78, 5) is 11.5. The summed E-state index contributed by atoms with van der Waals surface area (Å²) in [5.74, 6) is -0.725. The highest BCUT2D eigenvalue weighted by atomic mass is 79.9. The van der Waals surface area contributed by atoms with E-state index >= 15 is 0 Å². The van der Waals surface area contributed by atoms with Crippen LogP contribution in [-0.4, -0.2) is 34.7 Å². The van der Waals surface area contributed by atoms with Gasteiger partial charge in [-0.05, 0) is 12.1 Å². The highest BCUT2D eigenvalue weighted by molar-refractivity contribution is 9.10. The first-order valence-electron chi connectivity index (χ1n) is 5.45. The van der Waals surface area contributed by atoms with Gasteiger partial charge in [-0.2, -0.15) is 0 Å². The van der Waals surface area contributed by atoms with Crippen LogP contribution in [0.15, 0.2) is 21.5 Å². The molecule has 0 fully saturated rings. The summed E-state index contributed by atoms with van der Waals surface area (Å²) in [6, 6.07) is 2.59. The van der Waals surface area contributed by atoms with Gasteiger partial charge in [0.25, 0.3) is 0 Å². The molecule has 0 heterocycles. The molecular weight excluding hydrogens is 374 g/mol. The monoisotopic (exact) mass is 385 g/mol. The van der Waals surface area contributed by atoms with Crippen molar-refractivity contribution >= 4 is 43.5 Å². The third-order valence-electron chi connectivity index (χ3n) is 2.26. The van der Waals surface area contributed by atoms with Crippen LogP contribution in [-0.2, 0) is 19.5 Å². The number of primary sulfonamides is 1. The Balaban J connectivity index is 3.01. The molecule has 0 spiro atoms. The van der Waals surface area contributed by atoms with Crippen LogP contribution < -0.4 is 5.14 Å². The highest BCUT2D eigenvalue weighted by Gasteiger charge is 2.21. The molecule has 1 aromatic rings. The minimum absolute atomic E-state index is 0.0671. The van der Waals surface area contributed by atoms with Crippen molar-refractivity contribution in [2.45, 2.75) is 11.3 Å². The fourth-order valence-electron chi connectivity index (χ4n) is 1.37. The maximum absolute atomic E-state index is 11.9. The number of carbonyl (C=O) groups is 1. The van der Waals surface area contributed by atoms with Crippen LogP contribution in [0.3, 0.4) is 0 Å². The van der Waals surface area contributed by atoms with Gasteiger partial charge in [0.05, 0.1) is 17.2 Å². The van der Waals surface area contributed by atoms with E-state index in [-0.39, 0.29) is 22.1 Å². The van der Waals surface area contributed by atoms with Gasteiger partial charge >= 0.3 is 5.97 Å². The van der Waals surface area contributed by atoms with Gasteiger partial charge < -0.3 is 9.47 Å². The normalized spacial score (nSPS) is 11.4. The van der Waals surface area contributed by atoms with E-state index in [9.17, 15) is 13.2 Å². The van der Waals surface area contributed by atoms with Gasteiger partial charge in [0.15, 0.2) is 0 Å². The Morgan fingerprint density at radius 1 is 1.40 bits per heavy atom. The minimum Gasteiger partial charge on any atom is -0.462 e. The Morgan fingerprint density at radius 2 is 2.05 bits per heavy atom. The number of ether oxygens (including phenoxy) is 2. The van der Waals surface area contributed by atoms with Crippen molar-refractivity contribution in [2.75, 3.05) is 20.3 Å². The lowest BCUT2D eigenvalue weighted by atomic mass is 10.2. The minimum atomic E-state index is -4.03. The Bertz CT molecular complexity index is 605. The third kappa shape index (κ3) is 4.71. The first-order chi connectivity index (χ1) is 9.27. The first kappa shape index (κ1) is 17.4. The first-order valence-corrected chi connectivity index (χ1v) is 8.17. The summed E-state index contributed by atoms with van der Waals surface area (Å²) < 4.78 is 32.9. The topological polar surface area (TPSA) is 95.7 Å². The van der Waals surface area contributed by atoms with Gasteiger partial charge in [-0.1, -0.05) is 27.5 Å². The average molecular weight is 387 g/mol. The van der Waals surface area contributed by atoms with Crippen molar-refractivity contribution in [3.05, 3.63) is 27.2 Å². The van der Waals surface area contributed by atoms with Gasteiger partial charge in [0.2, 0.25) is 10.0 Å². The summed E-state index contributed by atoms with van der Waals surface area (Å²) in [6.07, 6.45) is 0.524. The highest BCUT2D eigenvalue weighted by Crippen LogP contribution is 2.29. The maximum Gasteiger partial charge on any atom is 0.339 e. The molecule has 0 bridgehead atoms. The predicted octanol–water partition coefficient (Wildman–Crippen LogP) is 1.94. The number of nitrogens with two attached hydrogens (primary N) is 1. The van der Waals surface area contributed by atoms with E-state index in [2.05, 4.69) is 15.9 Å². The Kier molecular flexibility index (Phi) is 6.41. The number of hydrogen-bond acceptors (Lipinski definition) is 5. The molecule has 0 unspecified atom stereocenters. The molecule has 9 heteroatoms. The third-order valence-corrected chi connectivity index (χ3v) is 4.17. The van der Waals surface area contributed by atoms with Crippen molar-refractivity contribution in [3.63, 3.8) is 0 Å². The summed E-state index contributed by atoms with van der Waals surface area (Å²) in [5, 5.41) is 4.78. The van der Waals surface area contributed by atoms with E-state index in [0.717, 1.165) is 0 Å². The number of carbonyl (C=O) groups excluding carboxylic acids is 1. The number of benzene rings is 1. The fourth-order valence-corrected chi connectivity index (χ4v) is 3.13. The number of hydrogen-bond donors (Lipinski definition) is 1. The maximum atomic E-state index is 11.9. The van der Waals surface area contributed by atoms with Gasteiger partial charge in [-0.3, -0.25) is 0 Å². The Morgan fingerprint density at radius 3 is 2.60 bits per heavy atom. The van der Waals surface area contributed by atoms with Crippen molar-refractivity contribution in [3.8, 4) is 0 Å². The molecule has 1 rings (SSSR count).